The van der Waals surface area contributed by atoms with Gasteiger partial charge in [-0.3, -0.25) is 0 Å². The minimum absolute atomic E-state index is 0.0778. The third kappa shape index (κ3) is 3.69. The highest BCUT2D eigenvalue weighted by Crippen LogP contribution is 2.39. The van der Waals surface area contributed by atoms with E-state index < -0.39 is 5.97 Å². The molecule has 1 aliphatic carbocycles. The van der Waals surface area contributed by atoms with E-state index in [2.05, 4.69) is 4.98 Å². The van der Waals surface area contributed by atoms with Gasteiger partial charge in [0.2, 0.25) is 5.88 Å². The van der Waals surface area contributed by atoms with Crippen LogP contribution in [-0.2, 0) is 4.74 Å². The molecule has 28 heavy (non-hydrogen) atoms. The normalized spacial score (nSPS) is 14.4. The lowest BCUT2D eigenvalue weighted by molar-refractivity contribution is 0.0519. The molecule has 2 aromatic carbocycles. The molecular formula is C23H22ClNO3. The highest BCUT2D eigenvalue weighted by molar-refractivity contribution is 6.31. The van der Waals surface area contributed by atoms with E-state index in [1.165, 1.54) is 0 Å². The van der Waals surface area contributed by atoms with Crippen molar-refractivity contribution in [2.24, 2.45) is 0 Å². The highest BCUT2D eigenvalue weighted by atomic mass is 35.5. The third-order valence-corrected chi connectivity index (χ3v) is 5.27. The number of carbonyl (C=O) groups is 1. The van der Waals surface area contributed by atoms with E-state index in [0.717, 1.165) is 47.7 Å². The zero-order chi connectivity index (χ0) is 19.5. The number of rotatable bonds is 5. The first kappa shape index (κ1) is 18.8. The zero-order valence-corrected chi connectivity index (χ0v) is 16.5. The van der Waals surface area contributed by atoms with E-state index in [-0.39, 0.29) is 12.7 Å². The van der Waals surface area contributed by atoms with E-state index in [1.807, 2.05) is 42.5 Å². The topological polar surface area (TPSA) is 48.4 Å². The van der Waals surface area contributed by atoms with Gasteiger partial charge in [-0.15, -0.1) is 0 Å². The maximum Gasteiger partial charge on any atom is 0.344 e. The van der Waals surface area contributed by atoms with Crippen LogP contribution in [0.4, 0.5) is 0 Å². The van der Waals surface area contributed by atoms with Crippen molar-refractivity contribution < 1.29 is 14.3 Å². The van der Waals surface area contributed by atoms with Gasteiger partial charge in [-0.2, -0.15) is 0 Å². The van der Waals surface area contributed by atoms with Crippen molar-refractivity contribution in [2.75, 3.05) is 6.61 Å². The quantitative estimate of drug-likeness (QED) is 0.493. The van der Waals surface area contributed by atoms with E-state index in [0.29, 0.717) is 16.5 Å². The maximum absolute atomic E-state index is 13.0. The lowest BCUT2D eigenvalue weighted by Gasteiger charge is -2.19. The molecule has 0 radical (unpaired) electrons. The summed E-state index contributed by atoms with van der Waals surface area (Å²) in [4.78, 5) is 17.7. The summed E-state index contributed by atoms with van der Waals surface area (Å²) in [6.45, 7) is 2.08. The molecule has 0 atom stereocenters. The maximum atomic E-state index is 13.0. The molecule has 1 heterocycles. The monoisotopic (exact) mass is 395 g/mol. The van der Waals surface area contributed by atoms with Gasteiger partial charge in [0.25, 0.3) is 0 Å². The second-order valence-electron chi connectivity index (χ2n) is 6.94. The van der Waals surface area contributed by atoms with Gasteiger partial charge in [0.05, 0.1) is 12.1 Å². The standard InChI is InChI=1S/C23H22ClNO3/c1-2-27-23(26)21-20(15-8-4-3-5-9-15)18-14-16(24)12-13-19(18)25-22(21)28-17-10-6-7-11-17/h3-5,8-9,12-14,17H,2,6-7,10-11H2,1H3. The van der Waals surface area contributed by atoms with E-state index in [1.54, 1.807) is 13.0 Å². The van der Waals surface area contributed by atoms with Crippen LogP contribution in [0.25, 0.3) is 22.0 Å². The molecule has 0 saturated heterocycles. The summed E-state index contributed by atoms with van der Waals surface area (Å²) in [6, 6.07) is 15.3. The number of fused-ring (bicyclic) bond motifs is 1. The van der Waals surface area contributed by atoms with Gasteiger partial charge < -0.3 is 9.47 Å². The zero-order valence-electron chi connectivity index (χ0n) is 15.8. The lowest BCUT2D eigenvalue weighted by atomic mass is 9.96. The van der Waals surface area contributed by atoms with Gasteiger partial charge in [0.15, 0.2) is 0 Å². The molecule has 0 unspecified atom stereocenters. The minimum atomic E-state index is -0.427. The first-order valence-corrected chi connectivity index (χ1v) is 10.1. The molecule has 144 valence electrons. The van der Waals surface area contributed by atoms with Crippen LogP contribution in [0, 0.1) is 0 Å². The van der Waals surface area contributed by atoms with Crippen LogP contribution in [0.1, 0.15) is 43.0 Å². The summed E-state index contributed by atoms with van der Waals surface area (Å²) in [7, 11) is 0. The number of halogens is 1. The molecule has 1 aromatic heterocycles. The highest BCUT2D eigenvalue weighted by Gasteiger charge is 2.27. The smallest absolute Gasteiger partial charge is 0.344 e. The first-order chi connectivity index (χ1) is 13.7. The molecule has 0 aliphatic heterocycles. The van der Waals surface area contributed by atoms with Crippen LogP contribution in [0.2, 0.25) is 5.02 Å². The van der Waals surface area contributed by atoms with Crippen molar-refractivity contribution in [3.8, 4) is 17.0 Å². The Kier molecular flexibility index (Phi) is 5.49. The fourth-order valence-electron chi connectivity index (χ4n) is 3.76. The summed E-state index contributed by atoms with van der Waals surface area (Å²) in [5.41, 5.74) is 2.76. The third-order valence-electron chi connectivity index (χ3n) is 5.04. The summed E-state index contributed by atoms with van der Waals surface area (Å²) < 4.78 is 11.6. The van der Waals surface area contributed by atoms with Gasteiger partial charge in [0.1, 0.15) is 11.7 Å². The number of hydrogen-bond donors (Lipinski definition) is 0. The van der Waals surface area contributed by atoms with Crippen molar-refractivity contribution in [1.29, 1.82) is 0 Å². The molecule has 1 saturated carbocycles. The number of ether oxygens (including phenoxy) is 2. The van der Waals surface area contributed by atoms with Crippen molar-refractivity contribution in [1.82, 2.24) is 4.98 Å². The Morgan fingerprint density at radius 3 is 2.61 bits per heavy atom. The Morgan fingerprint density at radius 1 is 1.14 bits per heavy atom. The lowest BCUT2D eigenvalue weighted by Crippen LogP contribution is -2.17. The Morgan fingerprint density at radius 2 is 1.89 bits per heavy atom. The molecule has 1 fully saturated rings. The fourth-order valence-corrected chi connectivity index (χ4v) is 3.93. The van der Waals surface area contributed by atoms with E-state index in [9.17, 15) is 4.79 Å². The Bertz CT molecular complexity index is 998. The molecule has 3 aromatic rings. The van der Waals surface area contributed by atoms with Gasteiger partial charge in [-0.05, 0) is 56.4 Å². The van der Waals surface area contributed by atoms with Crippen LogP contribution in [-0.4, -0.2) is 23.7 Å². The number of nitrogens with zero attached hydrogens (tertiary/aromatic N) is 1. The summed E-state index contributed by atoms with van der Waals surface area (Å²) in [5, 5.41) is 1.39. The predicted octanol–water partition coefficient (Wildman–Crippen LogP) is 6.05. The predicted molar refractivity (Wildman–Crippen MR) is 111 cm³/mol. The van der Waals surface area contributed by atoms with Crippen LogP contribution in [0.3, 0.4) is 0 Å². The van der Waals surface area contributed by atoms with Crippen LogP contribution >= 0.6 is 11.6 Å². The molecular weight excluding hydrogens is 374 g/mol. The second-order valence-corrected chi connectivity index (χ2v) is 7.38. The molecule has 1 aliphatic rings. The molecule has 5 heteroatoms. The first-order valence-electron chi connectivity index (χ1n) is 9.70. The molecule has 0 amide bonds. The van der Waals surface area contributed by atoms with Crippen molar-refractivity contribution in [3.63, 3.8) is 0 Å². The largest absolute Gasteiger partial charge is 0.474 e. The number of carbonyl (C=O) groups excluding carboxylic acids is 1. The van der Waals surface area contributed by atoms with Gasteiger partial charge in [-0.25, -0.2) is 9.78 Å². The minimum Gasteiger partial charge on any atom is -0.474 e. The van der Waals surface area contributed by atoms with Crippen LogP contribution in [0.5, 0.6) is 5.88 Å². The number of benzene rings is 2. The fraction of sp³-hybridized carbons (Fsp3) is 0.304. The summed E-state index contributed by atoms with van der Waals surface area (Å²) in [5.74, 6) is -0.0808. The Hall–Kier alpha value is -2.59. The average molecular weight is 396 g/mol. The van der Waals surface area contributed by atoms with Crippen LogP contribution in [0.15, 0.2) is 48.5 Å². The van der Waals surface area contributed by atoms with Gasteiger partial charge >= 0.3 is 5.97 Å². The van der Waals surface area contributed by atoms with Crippen LogP contribution < -0.4 is 4.74 Å². The number of esters is 1. The number of aromatic nitrogens is 1. The van der Waals surface area contributed by atoms with Gasteiger partial charge in [-0.1, -0.05) is 41.9 Å². The molecule has 0 spiro atoms. The van der Waals surface area contributed by atoms with E-state index in [4.69, 9.17) is 21.1 Å². The molecule has 4 nitrogen and oxygen atoms in total. The SMILES string of the molecule is CCOC(=O)c1c(OC2CCCC2)nc2ccc(Cl)cc2c1-c1ccccc1. The summed E-state index contributed by atoms with van der Waals surface area (Å²) >= 11 is 6.27. The van der Waals surface area contributed by atoms with Crippen molar-refractivity contribution in [3.05, 3.63) is 59.1 Å². The Balaban J connectivity index is 2.00. The summed E-state index contributed by atoms with van der Waals surface area (Å²) in [6.07, 6.45) is 4.29. The van der Waals surface area contributed by atoms with Crippen molar-refractivity contribution >= 4 is 28.5 Å². The van der Waals surface area contributed by atoms with Gasteiger partial charge in [0, 0.05) is 16.0 Å². The average Bonchev–Trinajstić information content (AvgIpc) is 3.21. The number of pyridine rings is 1. The van der Waals surface area contributed by atoms with E-state index >= 15 is 0 Å². The number of hydrogen-bond acceptors (Lipinski definition) is 4. The molecule has 0 N–H and O–H groups in total. The van der Waals surface area contributed by atoms with Crippen molar-refractivity contribution in [2.45, 2.75) is 38.7 Å². The Labute approximate surface area is 169 Å². The second kappa shape index (κ2) is 8.19. The molecule has 0 bridgehead atoms. The molecule has 4 rings (SSSR count).